The summed E-state index contributed by atoms with van der Waals surface area (Å²) in [7, 11) is 0. The second kappa shape index (κ2) is 5.58. The molecule has 0 aliphatic carbocycles. The van der Waals surface area contributed by atoms with Gasteiger partial charge in [0.1, 0.15) is 0 Å². The molecule has 0 spiro atoms. The molecule has 0 radical (unpaired) electrons. The Morgan fingerprint density at radius 2 is 1.92 bits per heavy atom. The first-order valence-electron chi connectivity index (χ1n) is 4.91. The summed E-state index contributed by atoms with van der Waals surface area (Å²) in [6.07, 6.45) is 0.716. The molecule has 0 rings (SSSR count). The molecular formula is C10H23NO2. The molecular weight excluding hydrogens is 166 g/mol. The molecule has 80 valence electrons. The van der Waals surface area contributed by atoms with E-state index in [0.717, 1.165) is 6.42 Å². The summed E-state index contributed by atoms with van der Waals surface area (Å²) in [6.45, 7) is 8.85. The molecule has 0 amide bonds. The number of hydrogen-bond acceptors (Lipinski definition) is 3. The average Bonchev–Trinajstić information content (AvgIpc) is 2.04. The van der Waals surface area contributed by atoms with E-state index in [1.165, 1.54) is 0 Å². The van der Waals surface area contributed by atoms with Crippen molar-refractivity contribution in [3.63, 3.8) is 0 Å². The molecule has 0 aromatic carbocycles. The van der Waals surface area contributed by atoms with Gasteiger partial charge in [0, 0.05) is 12.6 Å². The Hall–Kier alpha value is -0.120. The summed E-state index contributed by atoms with van der Waals surface area (Å²) in [6, 6.07) is -0.121. The van der Waals surface area contributed by atoms with E-state index < -0.39 is 0 Å². The van der Waals surface area contributed by atoms with Crippen molar-refractivity contribution in [2.45, 2.75) is 46.3 Å². The van der Waals surface area contributed by atoms with Gasteiger partial charge in [-0.2, -0.15) is 0 Å². The van der Waals surface area contributed by atoms with E-state index >= 15 is 0 Å². The largest absolute Gasteiger partial charge is 0.394 e. The van der Waals surface area contributed by atoms with Crippen molar-refractivity contribution in [2.24, 2.45) is 11.1 Å². The lowest BCUT2D eigenvalue weighted by atomic mass is 9.84. The smallest absolute Gasteiger partial charge is 0.0961 e. The van der Waals surface area contributed by atoms with Crippen LogP contribution in [0.2, 0.25) is 0 Å². The van der Waals surface area contributed by atoms with Gasteiger partial charge in [-0.15, -0.1) is 0 Å². The van der Waals surface area contributed by atoms with Crippen molar-refractivity contribution in [1.82, 2.24) is 0 Å². The fraction of sp³-hybridized carbons (Fsp3) is 1.00. The minimum atomic E-state index is -0.236. The lowest BCUT2D eigenvalue weighted by Crippen LogP contribution is -2.48. The van der Waals surface area contributed by atoms with Crippen molar-refractivity contribution in [3.8, 4) is 0 Å². The van der Waals surface area contributed by atoms with Crippen LogP contribution in [-0.4, -0.2) is 30.5 Å². The van der Waals surface area contributed by atoms with E-state index in [1.807, 2.05) is 6.92 Å². The highest BCUT2D eigenvalue weighted by Crippen LogP contribution is 2.21. The number of aliphatic hydroxyl groups is 1. The monoisotopic (exact) mass is 189 g/mol. The Bertz CT molecular complexity index is 131. The van der Waals surface area contributed by atoms with E-state index in [1.54, 1.807) is 0 Å². The van der Waals surface area contributed by atoms with Gasteiger partial charge in [-0.25, -0.2) is 0 Å². The van der Waals surface area contributed by atoms with Crippen LogP contribution in [0.4, 0.5) is 0 Å². The fourth-order valence-corrected chi connectivity index (χ4v) is 1.10. The molecule has 0 aliphatic rings. The van der Waals surface area contributed by atoms with Gasteiger partial charge in [0.15, 0.2) is 0 Å². The number of hydrogen-bond donors (Lipinski definition) is 2. The van der Waals surface area contributed by atoms with Crippen LogP contribution in [0, 0.1) is 5.41 Å². The van der Waals surface area contributed by atoms with Crippen LogP contribution >= 0.6 is 0 Å². The van der Waals surface area contributed by atoms with Crippen LogP contribution in [-0.2, 0) is 4.74 Å². The summed E-state index contributed by atoms with van der Waals surface area (Å²) in [4.78, 5) is 0. The van der Waals surface area contributed by atoms with Gasteiger partial charge in [0.25, 0.3) is 0 Å². The first kappa shape index (κ1) is 12.9. The van der Waals surface area contributed by atoms with Gasteiger partial charge in [-0.1, -0.05) is 27.7 Å². The van der Waals surface area contributed by atoms with Gasteiger partial charge < -0.3 is 15.6 Å². The molecule has 0 bridgehead atoms. The molecule has 3 N–H and O–H groups in total. The highest BCUT2D eigenvalue weighted by Gasteiger charge is 2.28. The lowest BCUT2D eigenvalue weighted by molar-refractivity contribution is -0.0239. The lowest BCUT2D eigenvalue weighted by Gasteiger charge is -2.33. The molecule has 0 fully saturated rings. The first-order valence-corrected chi connectivity index (χ1v) is 4.91. The number of aliphatic hydroxyl groups excluding tert-OH is 1. The normalized spacial score (nSPS) is 17.1. The molecule has 2 atom stereocenters. The van der Waals surface area contributed by atoms with Crippen LogP contribution in [0.15, 0.2) is 0 Å². The van der Waals surface area contributed by atoms with E-state index in [9.17, 15) is 0 Å². The molecule has 0 saturated carbocycles. The second-order valence-corrected chi connectivity index (χ2v) is 4.48. The maximum atomic E-state index is 9.08. The summed E-state index contributed by atoms with van der Waals surface area (Å²) in [5.41, 5.74) is 5.93. The van der Waals surface area contributed by atoms with Crippen molar-refractivity contribution < 1.29 is 9.84 Å². The fourth-order valence-electron chi connectivity index (χ4n) is 1.10. The summed E-state index contributed by atoms with van der Waals surface area (Å²) in [5, 5.41) is 9.08. The Morgan fingerprint density at radius 1 is 1.38 bits per heavy atom. The van der Waals surface area contributed by atoms with Crippen molar-refractivity contribution in [1.29, 1.82) is 0 Å². The Balaban J connectivity index is 4.07. The molecule has 0 aromatic rings. The Labute approximate surface area is 81.3 Å². The highest BCUT2D eigenvalue weighted by atomic mass is 16.5. The van der Waals surface area contributed by atoms with Crippen LogP contribution < -0.4 is 5.73 Å². The third-order valence-electron chi connectivity index (χ3n) is 2.12. The van der Waals surface area contributed by atoms with E-state index in [2.05, 4.69) is 20.8 Å². The van der Waals surface area contributed by atoms with Crippen LogP contribution in [0.5, 0.6) is 0 Å². The third-order valence-corrected chi connectivity index (χ3v) is 2.12. The van der Waals surface area contributed by atoms with Crippen molar-refractivity contribution in [2.75, 3.05) is 13.2 Å². The first-order chi connectivity index (χ1) is 5.93. The summed E-state index contributed by atoms with van der Waals surface area (Å²) >= 11 is 0. The zero-order valence-corrected chi connectivity index (χ0v) is 9.21. The Kier molecular flexibility index (Phi) is 5.53. The summed E-state index contributed by atoms with van der Waals surface area (Å²) in [5.74, 6) is 0. The minimum absolute atomic E-state index is 0.00155. The molecule has 2 unspecified atom stereocenters. The second-order valence-electron chi connectivity index (χ2n) is 4.48. The number of nitrogens with two attached hydrogens (primary N) is 1. The zero-order valence-electron chi connectivity index (χ0n) is 9.21. The van der Waals surface area contributed by atoms with Gasteiger partial charge in [-0.05, 0) is 11.8 Å². The predicted octanol–water partition coefficient (Wildman–Crippen LogP) is 1.15. The van der Waals surface area contributed by atoms with Gasteiger partial charge in [-0.3, -0.25) is 0 Å². The van der Waals surface area contributed by atoms with E-state index in [4.69, 9.17) is 15.6 Å². The van der Waals surface area contributed by atoms with Crippen LogP contribution in [0.25, 0.3) is 0 Å². The standard InChI is InChI=1S/C10H23NO2/c1-5-6-13-8(7-12)9(11)10(2,3)4/h8-9,12H,5-7,11H2,1-4H3. The molecule has 3 nitrogen and oxygen atoms in total. The van der Waals surface area contributed by atoms with Gasteiger partial charge >= 0.3 is 0 Å². The predicted molar refractivity (Wildman–Crippen MR) is 54.5 cm³/mol. The third kappa shape index (κ3) is 4.60. The van der Waals surface area contributed by atoms with Crippen molar-refractivity contribution >= 4 is 0 Å². The molecule has 13 heavy (non-hydrogen) atoms. The Morgan fingerprint density at radius 3 is 2.23 bits per heavy atom. The molecule has 3 heteroatoms. The van der Waals surface area contributed by atoms with Gasteiger partial charge in [0.2, 0.25) is 0 Å². The maximum absolute atomic E-state index is 9.08. The zero-order chi connectivity index (χ0) is 10.5. The quantitative estimate of drug-likeness (QED) is 0.682. The molecule has 0 aliphatic heterocycles. The highest BCUT2D eigenvalue weighted by molar-refractivity contribution is 4.84. The number of ether oxygens (including phenoxy) is 1. The van der Waals surface area contributed by atoms with Crippen molar-refractivity contribution in [3.05, 3.63) is 0 Å². The van der Waals surface area contributed by atoms with Crippen LogP contribution in [0.3, 0.4) is 0 Å². The van der Waals surface area contributed by atoms with E-state index in [0.29, 0.717) is 6.61 Å². The maximum Gasteiger partial charge on any atom is 0.0961 e. The topological polar surface area (TPSA) is 55.5 Å². The van der Waals surface area contributed by atoms with Gasteiger partial charge in [0.05, 0.1) is 12.7 Å². The molecule has 0 saturated heterocycles. The molecule has 0 heterocycles. The molecule has 0 aromatic heterocycles. The summed E-state index contributed by atoms with van der Waals surface area (Å²) < 4.78 is 5.45. The van der Waals surface area contributed by atoms with Crippen LogP contribution in [0.1, 0.15) is 34.1 Å². The number of rotatable bonds is 5. The average molecular weight is 189 g/mol. The minimum Gasteiger partial charge on any atom is -0.394 e. The van der Waals surface area contributed by atoms with E-state index in [-0.39, 0.29) is 24.2 Å². The SMILES string of the molecule is CCCOC(CO)C(N)C(C)(C)C.